The zero-order valence-electron chi connectivity index (χ0n) is 10.9. The van der Waals surface area contributed by atoms with Crippen LogP contribution in [0.3, 0.4) is 0 Å². The fraction of sp³-hybridized carbons (Fsp3) is 0.923. The normalized spacial score (nSPS) is 32.7. The molecule has 2 aliphatic rings. The molecule has 98 valence electrons. The Morgan fingerprint density at radius 1 is 1.29 bits per heavy atom. The summed E-state index contributed by atoms with van der Waals surface area (Å²) >= 11 is 1.85. The van der Waals surface area contributed by atoms with Crippen LogP contribution in [0.5, 0.6) is 0 Å². The number of hydrogen-bond acceptors (Lipinski definition) is 3. The molecule has 0 aliphatic heterocycles. The first-order chi connectivity index (χ1) is 8.20. The van der Waals surface area contributed by atoms with E-state index >= 15 is 0 Å². The second-order valence-electron chi connectivity index (χ2n) is 5.29. The molecule has 2 saturated carbocycles. The lowest BCUT2D eigenvalue weighted by atomic mass is 10.1. The van der Waals surface area contributed by atoms with Crippen LogP contribution in [-0.2, 0) is 4.79 Å². The topological polar surface area (TPSA) is 41.1 Å². The van der Waals surface area contributed by atoms with Crippen LogP contribution in [0, 0.1) is 5.92 Å². The Balaban J connectivity index is 1.66. The predicted octanol–water partition coefficient (Wildman–Crippen LogP) is 1.77. The zero-order chi connectivity index (χ0) is 12.3. The van der Waals surface area contributed by atoms with Crippen molar-refractivity contribution in [2.75, 3.05) is 12.3 Å². The summed E-state index contributed by atoms with van der Waals surface area (Å²) in [5.74, 6) is 1.56. The minimum atomic E-state index is 0.233. The Morgan fingerprint density at radius 3 is 2.71 bits per heavy atom. The van der Waals surface area contributed by atoms with Gasteiger partial charge in [-0.2, -0.15) is 0 Å². The fourth-order valence-corrected chi connectivity index (χ4v) is 3.84. The molecule has 17 heavy (non-hydrogen) atoms. The van der Waals surface area contributed by atoms with Crippen molar-refractivity contribution in [3.05, 3.63) is 0 Å². The number of carbonyl (C=O) groups excluding carboxylic acids is 1. The third-order valence-electron chi connectivity index (χ3n) is 3.82. The molecule has 3 unspecified atom stereocenters. The van der Waals surface area contributed by atoms with Gasteiger partial charge in [-0.05, 0) is 38.1 Å². The lowest BCUT2D eigenvalue weighted by Gasteiger charge is -2.20. The molecule has 3 atom stereocenters. The van der Waals surface area contributed by atoms with Crippen LogP contribution in [-0.4, -0.2) is 35.5 Å². The molecule has 0 radical (unpaired) electrons. The fourth-order valence-electron chi connectivity index (χ4n) is 2.59. The van der Waals surface area contributed by atoms with Gasteiger partial charge in [0.15, 0.2) is 0 Å². The Kier molecular flexibility index (Phi) is 4.74. The van der Waals surface area contributed by atoms with Gasteiger partial charge in [0.1, 0.15) is 0 Å². The van der Waals surface area contributed by atoms with E-state index in [1.54, 1.807) is 0 Å². The van der Waals surface area contributed by atoms with E-state index < -0.39 is 0 Å². The molecule has 0 aromatic heterocycles. The lowest BCUT2D eigenvalue weighted by Crippen LogP contribution is -2.33. The molecule has 0 heterocycles. The molecule has 0 bridgehead atoms. The number of hydrogen-bond donors (Lipinski definition) is 2. The molecule has 1 amide bonds. The lowest BCUT2D eigenvalue weighted by molar-refractivity contribution is -0.118. The average Bonchev–Trinajstić information content (AvgIpc) is 3.04. The Labute approximate surface area is 108 Å². The van der Waals surface area contributed by atoms with E-state index in [2.05, 4.69) is 24.5 Å². The van der Waals surface area contributed by atoms with Crippen LogP contribution in [0.15, 0.2) is 0 Å². The summed E-state index contributed by atoms with van der Waals surface area (Å²) in [6.45, 7) is 5.53. The van der Waals surface area contributed by atoms with Crippen molar-refractivity contribution in [3.8, 4) is 0 Å². The number of thioether (sulfide) groups is 1. The van der Waals surface area contributed by atoms with Gasteiger partial charge in [0.05, 0.1) is 5.75 Å². The highest BCUT2D eigenvalue weighted by atomic mass is 32.2. The van der Waals surface area contributed by atoms with Gasteiger partial charge < -0.3 is 10.6 Å². The van der Waals surface area contributed by atoms with Crippen molar-refractivity contribution in [2.45, 2.75) is 56.9 Å². The van der Waals surface area contributed by atoms with Crippen molar-refractivity contribution in [3.63, 3.8) is 0 Å². The van der Waals surface area contributed by atoms with Crippen molar-refractivity contribution in [1.82, 2.24) is 10.6 Å². The van der Waals surface area contributed by atoms with Crippen LogP contribution in [0.4, 0.5) is 0 Å². The monoisotopic (exact) mass is 256 g/mol. The van der Waals surface area contributed by atoms with Crippen molar-refractivity contribution in [2.24, 2.45) is 5.92 Å². The van der Waals surface area contributed by atoms with E-state index in [0.717, 1.165) is 6.54 Å². The van der Waals surface area contributed by atoms with E-state index in [4.69, 9.17) is 0 Å². The Hall–Kier alpha value is -0.220. The quantitative estimate of drug-likeness (QED) is 0.761. The SMILES string of the molecule is CCNC1CCC(SCC(=O)NC2CC2)C1C. The molecule has 4 heteroatoms. The van der Waals surface area contributed by atoms with Gasteiger partial charge in [0.25, 0.3) is 0 Å². The molecular weight excluding hydrogens is 232 g/mol. The van der Waals surface area contributed by atoms with Crippen LogP contribution >= 0.6 is 11.8 Å². The van der Waals surface area contributed by atoms with Gasteiger partial charge >= 0.3 is 0 Å². The van der Waals surface area contributed by atoms with Gasteiger partial charge in [0, 0.05) is 17.3 Å². The summed E-state index contributed by atoms with van der Waals surface area (Å²) in [7, 11) is 0. The maximum atomic E-state index is 11.6. The number of rotatable bonds is 6. The molecule has 0 saturated heterocycles. The second kappa shape index (κ2) is 6.10. The van der Waals surface area contributed by atoms with Crippen LogP contribution in [0.1, 0.15) is 39.5 Å². The van der Waals surface area contributed by atoms with Crippen LogP contribution in [0.2, 0.25) is 0 Å². The molecule has 0 aromatic carbocycles. The van der Waals surface area contributed by atoms with Gasteiger partial charge in [-0.3, -0.25) is 4.79 Å². The minimum absolute atomic E-state index is 0.233. The van der Waals surface area contributed by atoms with Crippen molar-refractivity contribution >= 4 is 17.7 Å². The average molecular weight is 256 g/mol. The number of carbonyl (C=O) groups is 1. The molecule has 2 fully saturated rings. The molecule has 2 N–H and O–H groups in total. The third kappa shape index (κ3) is 3.88. The minimum Gasteiger partial charge on any atom is -0.353 e. The first-order valence-corrected chi connectivity index (χ1v) is 7.90. The number of amides is 1. The first-order valence-electron chi connectivity index (χ1n) is 6.85. The zero-order valence-corrected chi connectivity index (χ0v) is 11.7. The van der Waals surface area contributed by atoms with Crippen LogP contribution < -0.4 is 10.6 Å². The summed E-state index contributed by atoms with van der Waals surface area (Å²) in [4.78, 5) is 11.6. The summed E-state index contributed by atoms with van der Waals surface area (Å²) < 4.78 is 0. The van der Waals surface area contributed by atoms with E-state index in [-0.39, 0.29) is 5.91 Å². The van der Waals surface area contributed by atoms with Crippen molar-refractivity contribution < 1.29 is 4.79 Å². The van der Waals surface area contributed by atoms with Gasteiger partial charge in [0.2, 0.25) is 5.91 Å². The predicted molar refractivity (Wildman–Crippen MR) is 73.3 cm³/mol. The van der Waals surface area contributed by atoms with Crippen molar-refractivity contribution in [1.29, 1.82) is 0 Å². The molecule has 0 aromatic rings. The standard InChI is InChI=1S/C13H24N2OS/c1-3-14-11-6-7-12(9(11)2)17-8-13(16)15-10-4-5-10/h9-12,14H,3-8H2,1-2H3,(H,15,16). The van der Waals surface area contributed by atoms with Crippen LogP contribution in [0.25, 0.3) is 0 Å². The largest absolute Gasteiger partial charge is 0.353 e. The first kappa shape index (κ1) is 13.2. The highest BCUT2D eigenvalue weighted by Gasteiger charge is 2.33. The third-order valence-corrected chi connectivity index (χ3v) is 5.34. The summed E-state index contributed by atoms with van der Waals surface area (Å²) in [6.07, 6.45) is 4.87. The van der Waals surface area contributed by atoms with Gasteiger partial charge in [-0.25, -0.2) is 0 Å². The Bertz CT molecular complexity index is 268. The number of nitrogens with one attached hydrogen (secondary N) is 2. The second-order valence-corrected chi connectivity index (χ2v) is 6.52. The van der Waals surface area contributed by atoms with Gasteiger partial charge in [-0.15, -0.1) is 11.8 Å². The van der Waals surface area contributed by atoms with Gasteiger partial charge in [-0.1, -0.05) is 13.8 Å². The molecule has 2 rings (SSSR count). The Morgan fingerprint density at radius 2 is 2.06 bits per heavy atom. The van der Waals surface area contributed by atoms with E-state index in [1.165, 1.54) is 25.7 Å². The summed E-state index contributed by atoms with van der Waals surface area (Å²) in [5.41, 5.74) is 0. The summed E-state index contributed by atoms with van der Waals surface area (Å²) in [5, 5.41) is 7.25. The molecule has 3 nitrogen and oxygen atoms in total. The van der Waals surface area contributed by atoms with E-state index in [9.17, 15) is 4.79 Å². The summed E-state index contributed by atoms with van der Waals surface area (Å²) in [6, 6.07) is 1.16. The van der Waals surface area contributed by atoms with E-state index in [1.807, 2.05) is 11.8 Å². The maximum absolute atomic E-state index is 11.6. The molecular formula is C13H24N2OS. The highest BCUT2D eigenvalue weighted by molar-refractivity contribution is 8.00. The maximum Gasteiger partial charge on any atom is 0.230 e. The smallest absolute Gasteiger partial charge is 0.230 e. The molecule has 2 aliphatic carbocycles. The molecule has 0 spiro atoms. The van der Waals surface area contributed by atoms with E-state index in [0.29, 0.717) is 29.0 Å². The highest BCUT2D eigenvalue weighted by Crippen LogP contribution is 2.35.